The van der Waals surface area contributed by atoms with E-state index in [1.165, 1.54) is 87.3 Å². The second-order valence-electron chi connectivity index (χ2n) is 14.8. The van der Waals surface area contributed by atoms with E-state index in [2.05, 4.69) is 192 Å². The molecule has 1 spiro atoms. The molecule has 2 nitrogen and oxygen atoms in total. The van der Waals surface area contributed by atoms with E-state index in [4.69, 9.17) is 0 Å². The van der Waals surface area contributed by atoms with Crippen molar-refractivity contribution in [2.45, 2.75) is 31.1 Å². The number of hydrogen-bond acceptors (Lipinski definition) is 3. The SMILES string of the molecule is c1ccc(N(c2ccccc2)c2cccc3c2[C@@]2(CC3)CCc3cccc(N(c4ccccc4)c4ccc5sc6ccc7ccccc7c6c5c4)c32)cc1. The highest BCUT2D eigenvalue weighted by Crippen LogP contribution is 2.60. The highest BCUT2D eigenvalue weighted by Gasteiger charge is 2.49. The molecule has 0 saturated heterocycles. The van der Waals surface area contributed by atoms with Crippen molar-refractivity contribution >= 4 is 76.4 Å². The predicted octanol–water partition coefficient (Wildman–Crippen LogP) is 14.3. The van der Waals surface area contributed by atoms with E-state index in [1.807, 2.05) is 11.3 Å². The van der Waals surface area contributed by atoms with E-state index in [0.29, 0.717) is 0 Å². The van der Waals surface area contributed by atoms with Crippen LogP contribution in [0.15, 0.2) is 182 Å². The van der Waals surface area contributed by atoms with Crippen molar-refractivity contribution in [2.24, 2.45) is 0 Å². The maximum Gasteiger partial charge on any atom is 0.0505 e. The van der Waals surface area contributed by atoms with Gasteiger partial charge in [0, 0.05) is 48.3 Å². The van der Waals surface area contributed by atoms with E-state index in [1.54, 1.807) is 0 Å². The minimum Gasteiger partial charge on any atom is -0.310 e. The summed E-state index contributed by atoms with van der Waals surface area (Å²) in [6.07, 6.45) is 4.34. The van der Waals surface area contributed by atoms with Crippen molar-refractivity contribution in [1.29, 1.82) is 0 Å². The fourth-order valence-electron chi connectivity index (χ4n) is 9.77. The first-order valence-electron chi connectivity index (χ1n) is 19.1. The zero-order chi connectivity index (χ0) is 35.6. The molecule has 9 aromatic rings. The van der Waals surface area contributed by atoms with E-state index in [9.17, 15) is 0 Å². The van der Waals surface area contributed by atoms with Gasteiger partial charge in [-0.3, -0.25) is 0 Å². The Labute approximate surface area is 320 Å². The molecule has 1 heterocycles. The molecular formula is C51H38N2S. The Morgan fingerprint density at radius 2 is 0.926 bits per heavy atom. The number of thiophene rings is 1. The third-order valence-corrected chi connectivity index (χ3v) is 13.1. The summed E-state index contributed by atoms with van der Waals surface area (Å²) in [6.45, 7) is 0. The second-order valence-corrected chi connectivity index (χ2v) is 15.9. The number of rotatable bonds is 6. The summed E-state index contributed by atoms with van der Waals surface area (Å²) in [5.41, 5.74) is 13.1. The van der Waals surface area contributed by atoms with Crippen LogP contribution in [0, 0.1) is 0 Å². The lowest BCUT2D eigenvalue weighted by molar-refractivity contribution is 0.508. The van der Waals surface area contributed by atoms with Crippen LogP contribution in [0.4, 0.5) is 34.1 Å². The van der Waals surface area contributed by atoms with E-state index < -0.39 is 0 Å². The fraction of sp³-hybridized carbons (Fsp3) is 0.0980. The van der Waals surface area contributed by atoms with Gasteiger partial charge in [-0.2, -0.15) is 0 Å². The maximum absolute atomic E-state index is 2.55. The summed E-state index contributed by atoms with van der Waals surface area (Å²) in [5.74, 6) is 0. The van der Waals surface area contributed by atoms with Crippen LogP contribution in [-0.2, 0) is 18.3 Å². The van der Waals surface area contributed by atoms with Crippen LogP contribution in [0.2, 0.25) is 0 Å². The molecule has 54 heavy (non-hydrogen) atoms. The highest BCUT2D eigenvalue weighted by molar-refractivity contribution is 7.26. The number of fused-ring (bicyclic) bond motifs is 9. The van der Waals surface area contributed by atoms with Crippen LogP contribution in [0.3, 0.4) is 0 Å². The molecule has 0 fully saturated rings. The van der Waals surface area contributed by atoms with Crippen LogP contribution in [0.5, 0.6) is 0 Å². The molecule has 0 N–H and O–H groups in total. The van der Waals surface area contributed by atoms with Crippen molar-refractivity contribution in [1.82, 2.24) is 0 Å². The normalized spacial score (nSPS) is 15.9. The Bertz CT molecular complexity index is 2800. The number of hydrogen-bond donors (Lipinski definition) is 0. The summed E-state index contributed by atoms with van der Waals surface area (Å²) in [6, 6.07) is 67.4. The molecule has 0 amide bonds. The Kier molecular flexibility index (Phi) is 7.25. The van der Waals surface area contributed by atoms with Gasteiger partial charge >= 0.3 is 0 Å². The third-order valence-electron chi connectivity index (χ3n) is 12.0. The Morgan fingerprint density at radius 1 is 0.407 bits per heavy atom. The van der Waals surface area contributed by atoms with Crippen LogP contribution < -0.4 is 9.80 Å². The van der Waals surface area contributed by atoms with Crippen molar-refractivity contribution in [2.75, 3.05) is 9.80 Å². The smallest absolute Gasteiger partial charge is 0.0505 e. The summed E-state index contributed by atoms with van der Waals surface area (Å²) >= 11 is 1.89. The molecule has 2 aliphatic rings. The van der Waals surface area contributed by atoms with Gasteiger partial charge in [0.05, 0.1) is 11.4 Å². The minimum absolute atomic E-state index is 0.123. The molecule has 8 aromatic carbocycles. The summed E-state index contributed by atoms with van der Waals surface area (Å²) in [5, 5.41) is 5.28. The van der Waals surface area contributed by atoms with Crippen molar-refractivity contribution in [3.8, 4) is 0 Å². The van der Waals surface area contributed by atoms with E-state index in [-0.39, 0.29) is 5.41 Å². The first-order valence-corrected chi connectivity index (χ1v) is 19.9. The molecule has 0 unspecified atom stereocenters. The largest absolute Gasteiger partial charge is 0.310 e. The predicted molar refractivity (Wildman–Crippen MR) is 230 cm³/mol. The van der Waals surface area contributed by atoms with Gasteiger partial charge in [0.1, 0.15) is 0 Å². The van der Waals surface area contributed by atoms with Gasteiger partial charge in [-0.1, -0.05) is 109 Å². The van der Waals surface area contributed by atoms with Crippen molar-refractivity contribution in [3.05, 3.63) is 204 Å². The molecular weight excluding hydrogens is 673 g/mol. The van der Waals surface area contributed by atoms with E-state index >= 15 is 0 Å². The molecule has 0 aliphatic heterocycles. The monoisotopic (exact) mass is 710 g/mol. The van der Waals surface area contributed by atoms with Crippen molar-refractivity contribution in [3.63, 3.8) is 0 Å². The highest BCUT2D eigenvalue weighted by atomic mass is 32.1. The lowest BCUT2D eigenvalue weighted by Gasteiger charge is -2.37. The first kappa shape index (κ1) is 31.4. The summed E-state index contributed by atoms with van der Waals surface area (Å²) in [7, 11) is 0. The molecule has 0 saturated carbocycles. The maximum atomic E-state index is 2.55. The lowest BCUT2D eigenvalue weighted by Crippen LogP contribution is -2.27. The fourth-order valence-corrected chi connectivity index (χ4v) is 10.9. The number of aryl methyl sites for hydroxylation is 2. The molecule has 2 aliphatic carbocycles. The molecule has 1 atom stereocenters. The average molecular weight is 711 g/mol. The van der Waals surface area contributed by atoms with Gasteiger partial charge in [0.2, 0.25) is 0 Å². The molecule has 1 aromatic heterocycles. The number of para-hydroxylation sites is 3. The zero-order valence-electron chi connectivity index (χ0n) is 30.0. The van der Waals surface area contributed by atoms with Crippen LogP contribution in [-0.4, -0.2) is 0 Å². The average Bonchev–Trinajstić information content (AvgIpc) is 3.93. The summed E-state index contributed by atoms with van der Waals surface area (Å²) in [4.78, 5) is 5.04. The molecule has 0 bridgehead atoms. The van der Waals surface area contributed by atoms with Gasteiger partial charge in [-0.25, -0.2) is 0 Å². The van der Waals surface area contributed by atoms with Gasteiger partial charge < -0.3 is 9.80 Å². The Balaban J connectivity index is 1.15. The minimum atomic E-state index is -0.123. The van der Waals surface area contributed by atoms with E-state index in [0.717, 1.165) is 25.7 Å². The number of anilines is 6. The standard InChI is InChI=1S/C51H38N2S/c1-4-17-38(18-5-1)52(39-19-6-2-7-20-39)44-24-12-15-36-30-32-51(49(36)44)33-31-37-16-13-25-45(50(37)51)53(40-21-8-3-9-22-40)41-27-29-46-43(34-41)48-42-23-11-10-14-35(42)26-28-47(48)54-46/h1-29,34H,30-33H2/t51-/m1/s1. The first-order chi connectivity index (χ1) is 26.8. The zero-order valence-corrected chi connectivity index (χ0v) is 30.8. The molecule has 258 valence electrons. The van der Waals surface area contributed by atoms with Gasteiger partial charge in [-0.05, 0) is 132 Å². The number of benzene rings is 8. The van der Waals surface area contributed by atoms with Crippen LogP contribution in [0.25, 0.3) is 30.9 Å². The Hall–Kier alpha value is -6.16. The Morgan fingerprint density at radius 3 is 1.52 bits per heavy atom. The third kappa shape index (κ3) is 4.78. The topological polar surface area (TPSA) is 6.48 Å². The molecule has 3 heteroatoms. The van der Waals surface area contributed by atoms with Gasteiger partial charge in [0.15, 0.2) is 0 Å². The summed E-state index contributed by atoms with van der Waals surface area (Å²) < 4.78 is 2.66. The quantitative estimate of drug-likeness (QED) is 0.169. The lowest BCUT2D eigenvalue weighted by atomic mass is 9.74. The molecule has 0 radical (unpaired) electrons. The van der Waals surface area contributed by atoms with Gasteiger partial charge in [-0.15, -0.1) is 11.3 Å². The van der Waals surface area contributed by atoms with Crippen LogP contribution >= 0.6 is 11.3 Å². The van der Waals surface area contributed by atoms with Crippen molar-refractivity contribution < 1.29 is 0 Å². The second kappa shape index (κ2) is 12.5. The number of nitrogens with zero attached hydrogens (tertiary/aromatic N) is 2. The molecule has 11 rings (SSSR count). The van der Waals surface area contributed by atoms with Crippen LogP contribution in [0.1, 0.15) is 35.1 Å². The van der Waals surface area contributed by atoms with Gasteiger partial charge in [0.25, 0.3) is 0 Å².